The molecule has 4 N–H and O–H groups in total. The van der Waals surface area contributed by atoms with Crippen LogP contribution in [0.15, 0.2) is 60.6 Å². The number of carbonyl (C=O) groups excluding carboxylic acids is 1. The molecule has 1 aromatic heterocycles. The molecule has 3 rings (SSSR count). The van der Waals surface area contributed by atoms with Crippen LogP contribution in [0, 0.1) is 0 Å². The number of carbonyl (C=O) groups is 1. The molecule has 0 saturated carbocycles. The summed E-state index contributed by atoms with van der Waals surface area (Å²) in [6.45, 7) is 5.35. The molecular formula is C23H31N5O. The van der Waals surface area contributed by atoms with Crippen molar-refractivity contribution in [2.24, 2.45) is 5.73 Å². The third kappa shape index (κ3) is 6.61. The first-order valence-electron chi connectivity index (χ1n) is 10.3. The van der Waals surface area contributed by atoms with Gasteiger partial charge in [0, 0.05) is 36.7 Å². The number of pyridine rings is 1. The first-order valence-corrected chi connectivity index (χ1v) is 10.3. The molecule has 0 atom stereocenters. The SMILES string of the molecule is CCC(=O)Nc1cccc(C2CCN(C/C(N)=C/NCc3ccccn3)CC2)c1. The van der Waals surface area contributed by atoms with Crippen LogP contribution < -0.4 is 16.4 Å². The van der Waals surface area contributed by atoms with Gasteiger partial charge >= 0.3 is 0 Å². The molecule has 0 unspecified atom stereocenters. The fourth-order valence-corrected chi connectivity index (χ4v) is 3.64. The fraction of sp³-hybridized carbons (Fsp3) is 0.391. The van der Waals surface area contributed by atoms with Crippen molar-refractivity contribution in [2.45, 2.75) is 38.6 Å². The first-order chi connectivity index (χ1) is 14.1. The van der Waals surface area contributed by atoms with E-state index in [4.69, 9.17) is 5.73 Å². The summed E-state index contributed by atoms with van der Waals surface area (Å²) in [6, 6.07) is 14.1. The van der Waals surface area contributed by atoms with Crippen LogP contribution in [0.4, 0.5) is 5.69 Å². The molecular weight excluding hydrogens is 362 g/mol. The van der Waals surface area contributed by atoms with Crippen LogP contribution in [0.2, 0.25) is 0 Å². The Labute approximate surface area is 173 Å². The molecule has 6 nitrogen and oxygen atoms in total. The van der Waals surface area contributed by atoms with E-state index in [1.165, 1.54) is 5.56 Å². The standard InChI is InChI=1S/C23H31N5O/c1-2-23(29)27-21-8-5-6-19(14-21)18-9-12-28(13-10-18)17-20(24)15-25-16-22-7-3-4-11-26-22/h3-8,11,14-15,18,25H,2,9-10,12-13,16-17,24H2,1H3,(H,27,29)/b20-15-. The molecule has 154 valence electrons. The molecule has 1 saturated heterocycles. The van der Waals surface area contributed by atoms with E-state index < -0.39 is 0 Å². The Bertz CT molecular complexity index is 813. The van der Waals surface area contributed by atoms with Gasteiger partial charge in [-0.1, -0.05) is 25.1 Å². The van der Waals surface area contributed by atoms with E-state index in [9.17, 15) is 4.79 Å². The van der Waals surface area contributed by atoms with Crippen molar-refractivity contribution in [3.8, 4) is 0 Å². The Hall–Kier alpha value is -2.86. The zero-order valence-corrected chi connectivity index (χ0v) is 17.1. The van der Waals surface area contributed by atoms with Crippen molar-refractivity contribution in [3.63, 3.8) is 0 Å². The summed E-state index contributed by atoms with van der Waals surface area (Å²) in [4.78, 5) is 18.3. The largest absolute Gasteiger partial charge is 0.400 e. The summed E-state index contributed by atoms with van der Waals surface area (Å²) in [5, 5.41) is 6.19. The molecule has 2 aromatic rings. The normalized spacial score (nSPS) is 15.8. The maximum absolute atomic E-state index is 11.6. The lowest BCUT2D eigenvalue weighted by atomic mass is 9.89. The van der Waals surface area contributed by atoms with Gasteiger partial charge < -0.3 is 16.4 Å². The Morgan fingerprint density at radius 2 is 2.07 bits per heavy atom. The van der Waals surface area contributed by atoms with Crippen molar-refractivity contribution in [1.29, 1.82) is 0 Å². The van der Waals surface area contributed by atoms with E-state index in [2.05, 4.69) is 32.7 Å². The monoisotopic (exact) mass is 393 g/mol. The molecule has 6 heteroatoms. The van der Waals surface area contributed by atoms with E-state index in [1.807, 2.05) is 43.5 Å². The van der Waals surface area contributed by atoms with Gasteiger partial charge in [0.2, 0.25) is 5.91 Å². The predicted molar refractivity (Wildman–Crippen MR) is 117 cm³/mol. The minimum atomic E-state index is 0.0517. The third-order valence-electron chi connectivity index (χ3n) is 5.25. The molecule has 2 heterocycles. The summed E-state index contributed by atoms with van der Waals surface area (Å²) in [5.74, 6) is 0.577. The number of nitrogens with one attached hydrogen (secondary N) is 2. The van der Waals surface area contributed by atoms with Crippen LogP contribution in [0.3, 0.4) is 0 Å². The molecule has 0 spiro atoms. The fourth-order valence-electron chi connectivity index (χ4n) is 3.64. The maximum Gasteiger partial charge on any atom is 0.224 e. The number of nitrogens with zero attached hydrogens (tertiary/aromatic N) is 2. The second-order valence-electron chi connectivity index (χ2n) is 7.50. The maximum atomic E-state index is 11.6. The van der Waals surface area contributed by atoms with Gasteiger partial charge in [0.15, 0.2) is 0 Å². The highest BCUT2D eigenvalue weighted by atomic mass is 16.1. The number of likely N-dealkylation sites (tertiary alicyclic amines) is 1. The van der Waals surface area contributed by atoms with Crippen LogP contribution in [0.5, 0.6) is 0 Å². The van der Waals surface area contributed by atoms with Crippen LogP contribution in [0.25, 0.3) is 0 Å². The average Bonchev–Trinajstić information content (AvgIpc) is 2.75. The summed E-state index contributed by atoms with van der Waals surface area (Å²) in [5.41, 5.74) is 10.2. The molecule has 1 amide bonds. The lowest BCUT2D eigenvalue weighted by Gasteiger charge is -2.32. The van der Waals surface area contributed by atoms with Crippen molar-refractivity contribution >= 4 is 11.6 Å². The van der Waals surface area contributed by atoms with Gasteiger partial charge in [-0.15, -0.1) is 0 Å². The molecule has 1 aliphatic rings. The summed E-state index contributed by atoms with van der Waals surface area (Å²) >= 11 is 0. The Morgan fingerprint density at radius 3 is 2.79 bits per heavy atom. The summed E-state index contributed by atoms with van der Waals surface area (Å²) < 4.78 is 0. The van der Waals surface area contributed by atoms with Crippen molar-refractivity contribution in [2.75, 3.05) is 25.0 Å². The van der Waals surface area contributed by atoms with E-state index in [-0.39, 0.29) is 5.91 Å². The lowest BCUT2D eigenvalue weighted by Crippen LogP contribution is -2.36. The number of hydrogen-bond acceptors (Lipinski definition) is 5. The number of benzene rings is 1. The Balaban J connectivity index is 1.44. The highest BCUT2D eigenvalue weighted by molar-refractivity contribution is 5.90. The van der Waals surface area contributed by atoms with Crippen molar-refractivity contribution in [1.82, 2.24) is 15.2 Å². The van der Waals surface area contributed by atoms with Crippen LogP contribution in [-0.4, -0.2) is 35.4 Å². The summed E-state index contributed by atoms with van der Waals surface area (Å²) in [6.07, 6.45) is 6.37. The lowest BCUT2D eigenvalue weighted by molar-refractivity contribution is -0.115. The number of nitrogens with two attached hydrogens (primary N) is 1. The van der Waals surface area contributed by atoms with Crippen LogP contribution in [0.1, 0.15) is 43.4 Å². The van der Waals surface area contributed by atoms with Crippen LogP contribution in [-0.2, 0) is 11.3 Å². The van der Waals surface area contributed by atoms with Crippen LogP contribution >= 0.6 is 0 Å². The van der Waals surface area contributed by atoms with Gasteiger partial charge in [-0.2, -0.15) is 0 Å². The van der Waals surface area contributed by atoms with E-state index in [0.717, 1.165) is 49.6 Å². The van der Waals surface area contributed by atoms with Gasteiger partial charge in [0.1, 0.15) is 0 Å². The second-order valence-corrected chi connectivity index (χ2v) is 7.50. The number of aromatic nitrogens is 1. The second kappa shape index (κ2) is 10.6. The molecule has 0 bridgehead atoms. The number of amides is 1. The smallest absolute Gasteiger partial charge is 0.224 e. The minimum Gasteiger partial charge on any atom is -0.400 e. The topological polar surface area (TPSA) is 83.3 Å². The molecule has 1 aliphatic heterocycles. The zero-order chi connectivity index (χ0) is 20.5. The van der Waals surface area contributed by atoms with E-state index in [0.29, 0.717) is 18.9 Å². The minimum absolute atomic E-state index is 0.0517. The predicted octanol–water partition coefficient (Wildman–Crippen LogP) is 3.20. The van der Waals surface area contributed by atoms with Gasteiger partial charge in [-0.05, 0) is 61.7 Å². The van der Waals surface area contributed by atoms with Crippen molar-refractivity contribution < 1.29 is 4.79 Å². The molecule has 29 heavy (non-hydrogen) atoms. The molecule has 0 radical (unpaired) electrons. The molecule has 1 aromatic carbocycles. The van der Waals surface area contributed by atoms with Crippen molar-refractivity contribution in [3.05, 3.63) is 71.8 Å². The number of piperidine rings is 1. The number of hydrogen-bond donors (Lipinski definition) is 3. The highest BCUT2D eigenvalue weighted by Crippen LogP contribution is 2.29. The van der Waals surface area contributed by atoms with E-state index in [1.54, 1.807) is 6.20 Å². The first kappa shape index (κ1) is 20.9. The van der Waals surface area contributed by atoms with E-state index >= 15 is 0 Å². The molecule has 0 aliphatic carbocycles. The Kier molecular flexibility index (Phi) is 7.64. The highest BCUT2D eigenvalue weighted by Gasteiger charge is 2.21. The quantitative estimate of drug-likeness (QED) is 0.641. The van der Waals surface area contributed by atoms with Gasteiger partial charge in [-0.25, -0.2) is 0 Å². The number of anilines is 1. The van der Waals surface area contributed by atoms with Gasteiger partial charge in [0.25, 0.3) is 0 Å². The van der Waals surface area contributed by atoms with Gasteiger partial charge in [0.05, 0.1) is 12.2 Å². The third-order valence-corrected chi connectivity index (χ3v) is 5.25. The zero-order valence-electron chi connectivity index (χ0n) is 17.1. The number of rotatable bonds is 8. The summed E-state index contributed by atoms with van der Waals surface area (Å²) in [7, 11) is 0. The average molecular weight is 394 g/mol. The Morgan fingerprint density at radius 1 is 1.24 bits per heavy atom. The van der Waals surface area contributed by atoms with Gasteiger partial charge in [-0.3, -0.25) is 14.7 Å². The molecule has 1 fully saturated rings.